The van der Waals surface area contributed by atoms with Gasteiger partial charge in [-0.25, -0.2) is 0 Å². The fraction of sp³-hybridized carbons (Fsp3) is 0.500. The van der Waals surface area contributed by atoms with Gasteiger partial charge in [0.1, 0.15) is 0 Å². The number of alkyl halides is 1. The molecule has 0 N–H and O–H groups in total. The van der Waals surface area contributed by atoms with Crippen LogP contribution in [0.4, 0.5) is 0 Å². The van der Waals surface area contributed by atoms with Crippen LogP contribution in [0.5, 0.6) is 0 Å². The van der Waals surface area contributed by atoms with Crippen LogP contribution in [0.15, 0.2) is 18.2 Å². The highest BCUT2D eigenvalue weighted by Gasteiger charge is 2.26. The Bertz CT molecular complexity index is 309. The van der Waals surface area contributed by atoms with Gasteiger partial charge in [0, 0.05) is 15.6 Å². The predicted molar refractivity (Wildman–Crippen MR) is 68.5 cm³/mol. The summed E-state index contributed by atoms with van der Waals surface area (Å²) in [6.45, 7) is 8.64. The number of hydrogen-bond acceptors (Lipinski definition) is 0. The van der Waals surface area contributed by atoms with Gasteiger partial charge < -0.3 is 0 Å². The summed E-state index contributed by atoms with van der Waals surface area (Å²) in [7, 11) is 1.08. The topological polar surface area (TPSA) is 0 Å². The summed E-state index contributed by atoms with van der Waals surface area (Å²) in [4.78, 5) is 0. The van der Waals surface area contributed by atoms with Gasteiger partial charge in [-0.05, 0) is 31.4 Å². The Morgan fingerprint density at radius 1 is 1.21 bits per heavy atom. The Hall–Kier alpha value is -0.273. The smallest absolute Gasteiger partial charge is 0.0368 e. The van der Waals surface area contributed by atoms with Crippen molar-refractivity contribution in [2.75, 3.05) is 0 Å². The van der Waals surface area contributed by atoms with E-state index in [2.05, 4.69) is 45.9 Å². The van der Waals surface area contributed by atoms with Gasteiger partial charge in [-0.2, -0.15) is 0 Å². The highest BCUT2D eigenvalue weighted by atomic mass is 35.5. The quantitative estimate of drug-likeness (QED) is 0.537. The van der Waals surface area contributed by atoms with Gasteiger partial charge in [-0.1, -0.05) is 36.2 Å². The van der Waals surface area contributed by atoms with Gasteiger partial charge in [0.25, 0.3) is 0 Å². The van der Waals surface area contributed by atoms with E-state index in [0.29, 0.717) is 0 Å². The zero-order chi connectivity index (χ0) is 10.9. The minimum atomic E-state index is 0.179. The van der Waals surface area contributed by atoms with Crippen molar-refractivity contribution >= 4 is 21.8 Å². The van der Waals surface area contributed by atoms with Crippen molar-refractivity contribution in [1.82, 2.24) is 0 Å². The van der Waals surface area contributed by atoms with Crippen LogP contribution in [0.1, 0.15) is 30.5 Å². The van der Waals surface area contributed by atoms with Gasteiger partial charge in [0.05, 0.1) is 0 Å². The van der Waals surface area contributed by atoms with Gasteiger partial charge in [0.2, 0.25) is 0 Å². The maximum atomic E-state index is 6.24. The molecule has 0 nitrogen and oxygen atoms in total. The van der Waals surface area contributed by atoms with E-state index >= 15 is 0 Å². The van der Waals surface area contributed by atoms with Crippen LogP contribution in [0.2, 0.25) is 0 Å². The zero-order valence-electron chi connectivity index (χ0n) is 9.69. The van der Waals surface area contributed by atoms with Gasteiger partial charge in [-0.15, -0.1) is 11.6 Å². The first-order valence-corrected chi connectivity index (χ1v) is 6.50. The molecule has 2 heteroatoms. The highest BCUT2D eigenvalue weighted by Crippen LogP contribution is 2.28. The number of benzene rings is 1. The monoisotopic (exact) mass is 226 g/mol. The van der Waals surface area contributed by atoms with Crippen LogP contribution in [0.25, 0.3) is 0 Å². The second kappa shape index (κ2) is 4.07. The molecule has 1 aromatic carbocycles. The lowest BCUT2D eigenvalue weighted by Crippen LogP contribution is -2.31. The lowest BCUT2D eigenvalue weighted by Gasteiger charge is -2.29. The molecule has 0 aromatic heterocycles. The third-order valence-electron chi connectivity index (χ3n) is 2.96. The van der Waals surface area contributed by atoms with Crippen molar-refractivity contribution in [2.45, 2.75) is 38.1 Å². The molecule has 0 bridgehead atoms. The number of aryl methyl sites for hydroxylation is 2. The normalized spacial score (nSPS) is 17.8. The van der Waals surface area contributed by atoms with E-state index in [9.17, 15) is 0 Å². The summed E-state index contributed by atoms with van der Waals surface area (Å²) in [5.74, 6) is 0. The van der Waals surface area contributed by atoms with Crippen molar-refractivity contribution in [1.29, 1.82) is 0 Å². The van der Waals surface area contributed by atoms with E-state index in [1.54, 1.807) is 0 Å². The van der Waals surface area contributed by atoms with Crippen LogP contribution in [0.3, 0.4) is 0 Å². The van der Waals surface area contributed by atoms with Crippen molar-refractivity contribution in [3.05, 3.63) is 34.9 Å². The fourth-order valence-corrected chi connectivity index (χ4v) is 1.99. The van der Waals surface area contributed by atoms with Crippen molar-refractivity contribution in [2.24, 2.45) is 0 Å². The Morgan fingerprint density at radius 2 is 1.64 bits per heavy atom. The van der Waals surface area contributed by atoms with E-state index in [-0.39, 0.29) is 10.4 Å². The molecule has 0 spiro atoms. The van der Waals surface area contributed by atoms with E-state index in [4.69, 9.17) is 11.6 Å². The molecule has 1 rings (SSSR count). The first kappa shape index (κ1) is 11.8. The van der Waals surface area contributed by atoms with Gasteiger partial charge in [-0.3, -0.25) is 0 Å². The van der Waals surface area contributed by atoms with Gasteiger partial charge >= 0.3 is 0 Å². The maximum Gasteiger partial charge on any atom is 0.0368 e. The molecule has 0 heterocycles. The average molecular weight is 227 g/mol. The predicted octanol–water partition coefficient (Wildman–Crippen LogP) is 2.51. The summed E-state index contributed by atoms with van der Waals surface area (Å²) in [6, 6.07) is 6.73. The molecule has 2 atom stereocenters. The standard InChI is InChI=1S/C12H19ClSi/c1-8-5-9(2)7-11(6-8)12(4,14)10(3)13/h5-7,10H,1-4,14H3. The Morgan fingerprint density at radius 3 is 2.00 bits per heavy atom. The van der Waals surface area contributed by atoms with Gasteiger partial charge in [0.15, 0.2) is 0 Å². The third kappa shape index (κ3) is 2.40. The first-order valence-electron chi connectivity index (χ1n) is 5.07. The van der Waals surface area contributed by atoms with Crippen LogP contribution in [0, 0.1) is 13.8 Å². The number of rotatable bonds is 2. The summed E-state index contributed by atoms with van der Waals surface area (Å²) in [5.41, 5.74) is 4.06. The first-order chi connectivity index (χ1) is 6.34. The number of halogens is 1. The molecule has 0 aliphatic carbocycles. The van der Waals surface area contributed by atoms with E-state index < -0.39 is 0 Å². The van der Waals surface area contributed by atoms with Crippen molar-refractivity contribution < 1.29 is 0 Å². The van der Waals surface area contributed by atoms with Crippen molar-refractivity contribution in [3.8, 4) is 0 Å². The summed E-state index contributed by atoms with van der Waals surface area (Å²) in [5, 5.41) is 0.383. The van der Waals surface area contributed by atoms with Crippen molar-refractivity contribution in [3.63, 3.8) is 0 Å². The fourth-order valence-electron chi connectivity index (χ4n) is 1.58. The van der Waals surface area contributed by atoms with Crippen LogP contribution in [-0.2, 0) is 5.04 Å². The molecule has 0 saturated carbocycles. The molecular weight excluding hydrogens is 208 g/mol. The Kier molecular flexibility index (Phi) is 3.43. The van der Waals surface area contributed by atoms with Crippen LogP contribution < -0.4 is 0 Å². The SMILES string of the molecule is Cc1cc(C)cc(C(C)([SiH3])C(C)Cl)c1. The molecule has 1 aromatic rings. The second-order valence-electron chi connectivity index (χ2n) is 4.71. The zero-order valence-corrected chi connectivity index (χ0v) is 12.4. The largest absolute Gasteiger partial charge is 0.123 e. The molecule has 0 fully saturated rings. The minimum Gasteiger partial charge on any atom is -0.123 e. The molecule has 2 unspecified atom stereocenters. The molecule has 78 valence electrons. The molecule has 14 heavy (non-hydrogen) atoms. The molecule has 0 saturated heterocycles. The summed E-state index contributed by atoms with van der Waals surface area (Å²) in [6.07, 6.45) is 0. The lowest BCUT2D eigenvalue weighted by molar-refractivity contribution is 0.656. The van der Waals surface area contributed by atoms with E-state index in [1.807, 2.05) is 0 Å². The second-order valence-corrected chi connectivity index (χ2v) is 7.45. The Balaban J connectivity index is 3.18. The highest BCUT2D eigenvalue weighted by molar-refractivity contribution is 6.28. The third-order valence-corrected chi connectivity index (χ3v) is 5.32. The lowest BCUT2D eigenvalue weighted by atomic mass is 9.93. The van der Waals surface area contributed by atoms with E-state index in [1.165, 1.54) is 16.7 Å². The maximum absolute atomic E-state index is 6.24. The summed E-state index contributed by atoms with van der Waals surface area (Å²) < 4.78 is 0. The summed E-state index contributed by atoms with van der Waals surface area (Å²) >= 11 is 6.24. The molecule has 0 radical (unpaired) electrons. The van der Waals surface area contributed by atoms with Crippen LogP contribution >= 0.6 is 11.6 Å². The molecule has 0 aliphatic heterocycles. The molecule has 0 aliphatic rings. The number of hydrogen-bond donors (Lipinski definition) is 0. The molecule has 0 amide bonds. The van der Waals surface area contributed by atoms with Crippen LogP contribution in [-0.4, -0.2) is 15.6 Å². The Labute approximate surface area is 95.1 Å². The average Bonchev–Trinajstić information content (AvgIpc) is 2.01. The minimum absolute atomic E-state index is 0.179. The molecular formula is C12H19ClSi. The van der Waals surface area contributed by atoms with E-state index in [0.717, 1.165) is 10.2 Å².